The highest BCUT2D eigenvalue weighted by molar-refractivity contribution is 5.81. The summed E-state index contributed by atoms with van der Waals surface area (Å²) in [7, 11) is 0. The molecule has 1 unspecified atom stereocenters. The number of aromatic amines is 1. The summed E-state index contributed by atoms with van der Waals surface area (Å²) in [5.74, 6) is 1.22. The van der Waals surface area contributed by atoms with Crippen molar-refractivity contribution in [1.82, 2.24) is 4.98 Å². The lowest BCUT2D eigenvalue weighted by Gasteiger charge is -2.05. The zero-order chi connectivity index (χ0) is 13.5. The fourth-order valence-electron chi connectivity index (χ4n) is 2.70. The molecule has 2 aromatic heterocycles. The van der Waals surface area contributed by atoms with Gasteiger partial charge in [0.2, 0.25) is 0 Å². The topological polar surface area (TPSA) is 28.9 Å². The molecule has 2 aromatic carbocycles. The van der Waals surface area contributed by atoms with Crippen molar-refractivity contribution >= 4 is 21.9 Å². The van der Waals surface area contributed by atoms with Crippen molar-refractivity contribution < 1.29 is 4.42 Å². The molecule has 0 saturated carbocycles. The average molecular weight is 261 g/mol. The number of hydrogen-bond acceptors (Lipinski definition) is 1. The predicted molar refractivity (Wildman–Crippen MR) is 82.0 cm³/mol. The maximum absolute atomic E-state index is 5.96. The summed E-state index contributed by atoms with van der Waals surface area (Å²) >= 11 is 0. The van der Waals surface area contributed by atoms with Crippen LogP contribution in [0.4, 0.5) is 0 Å². The van der Waals surface area contributed by atoms with Crippen molar-refractivity contribution in [3.8, 4) is 0 Å². The molecule has 0 fully saturated rings. The van der Waals surface area contributed by atoms with E-state index in [2.05, 4.69) is 54.4 Å². The lowest BCUT2D eigenvalue weighted by molar-refractivity contribution is 0.529. The number of benzene rings is 2. The fraction of sp³-hybridized carbons (Fsp3) is 0.111. The maximum atomic E-state index is 5.96. The van der Waals surface area contributed by atoms with Gasteiger partial charge in [0, 0.05) is 16.6 Å². The van der Waals surface area contributed by atoms with Crippen LogP contribution in [0.1, 0.15) is 24.3 Å². The van der Waals surface area contributed by atoms with Gasteiger partial charge in [0.05, 0.1) is 5.92 Å². The maximum Gasteiger partial charge on any atom is 0.134 e. The number of rotatable bonds is 2. The summed E-state index contributed by atoms with van der Waals surface area (Å²) < 4.78 is 5.96. The van der Waals surface area contributed by atoms with Gasteiger partial charge in [-0.2, -0.15) is 0 Å². The third-order valence-electron chi connectivity index (χ3n) is 3.89. The molecule has 98 valence electrons. The van der Waals surface area contributed by atoms with Crippen LogP contribution in [0.2, 0.25) is 0 Å². The first kappa shape index (κ1) is 11.4. The summed E-state index contributed by atoms with van der Waals surface area (Å²) in [5.41, 5.74) is 3.31. The van der Waals surface area contributed by atoms with E-state index in [0.29, 0.717) is 0 Å². The summed E-state index contributed by atoms with van der Waals surface area (Å²) in [6.45, 7) is 2.17. The molecule has 4 rings (SSSR count). The SMILES string of the molecule is CC(c1cc2ccccc2[nH]1)c1cc2ccccc2o1. The Morgan fingerprint density at radius 3 is 2.45 bits per heavy atom. The number of fused-ring (bicyclic) bond motifs is 2. The number of H-pyrrole nitrogens is 1. The Kier molecular flexibility index (Phi) is 2.43. The van der Waals surface area contributed by atoms with Crippen molar-refractivity contribution in [3.63, 3.8) is 0 Å². The van der Waals surface area contributed by atoms with Crippen LogP contribution in [0, 0.1) is 0 Å². The third-order valence-corrected chi connectivity index (χ3v) is 3.89. The molecular weight excluding hydrogens is 246 g/mol. The number of furan rings is 1. The Hall–Kier alpha value is -2.48. The predicted octanol–water partition coefficient (Wildman–Crippen LogP) is 5.07. The van der Waals surface area contributed by atoms with Crippen LogP contribution in [0.5, 0.6) is 0 Å². The van der Waals surface area contributed by atoms with Crippen molar-refractivity contribution in [3.05, 3.63) is 72.1 Å². The van der Waals surface area contributed by atoms with Gasteiger partial charge in [-0.1, -0.05) is 36.4 Å². The normalized spacial score (nSPS) is 13.1. The van der Waals surface area contributed by atoms with Gasteiger partial charge in [0.1, 0.15) is 11.3 Å². The molecular formula is C18H15NO. The van der Waals surface area contributed by atoms with Gasteiger partial charge in [0.15, 0.2) is 0 Å². The number of aromatic nitrogens is 1. The first-order valence-corrected chi connectivity index (χ1v) is 6.87. The zero-order valence-corrected chi connectivity index (χ0v) is 11.3. The van der Waals surface area contributed by atoms with Crippen LogP contribution in [0.15, 0.2) is 65.1 Å². The first-order chi connectivity index (χ1) is 9.81. The molecule has 20 heavy (non-hydrogen) atoms. The van der Waals surface area contributed by atoms with Gasteiger partial charge in [-0.05, 0) is 36.6 Å². The summed E-state index contributed by atoms with van der Waals surface area (Å²) in [6, 6.07) is 20.8. The highest BCUT2D eigenvalue weighted by Crippen LogP contribution is 2.30. The number of hydrogen-bond donors (Lipinski definition) is 1. The van der Waals surface area contributed by atoms with Crippen LogP contribution in [-0.4, -0.2) is 4.98 Å². The summed E-state index contributed by atoms with van der Waals surface area (Å²) in [6.07, 6.45) is 0. The van der Waals surface area contributed by atoms with Crippen molar-refractivity contribution in [2.45, 2.75) is 12.8 Å². The van der Waals surface area contributed by atoms with Gasteiger partial charge in [0.25, 0.3) is 0 Å². The van der Waals surface area contributed by atoms with E-state index in [1.807, 2.05) is 18.2 Å². The Balaban J connectivity index is 1.80. The Morgan fingerprint density at radius 1 is 0.900 bits per heavy atom. The molecule has 0 bridgehead atoms. The molecule has 0 amide bonds. The number of nitrogens with one attached hydrogen (secondary N) is 1. The quantitative estimate of drug-likeness (QED) is 0.536. The van der Waals surface area contributed by atoms with Gasteiger partial charge < -0.3 is 9.40 Å². The second-order valence-corrected chi connectivity index (χ2v) is 5.22. The van der Waals surface area contributed by atoms with Crippen molar-refractivity contribution in [1.29, 1.82) is 0 Å². The van der Waals surface area contributed by atoms with Crippen LogP contribution in [0.3, 0.4) is 0 Å². The second-order valence-electron chi connectivity index (χ2n) is 5.22. The first-order valence-electron chi connectivity index (χ1n) is 6.87. The molecule has 2 nitrogen and oxygen atoms in total. The Morgan fingerprint density at radius 2 is 1.65 bits per heavy atom. The monoisotopic (exact) mass is 261 g/mol. The molecule has 1 N–H and O–H groups in total. The highest BCUT2D eigenvalue weighted by atomic mass is 16.3. The van der Waals surface area contributed by atoms with E-state index in [-0.39, 0.29) is 5.92 Å². The molecule has 0 radical (unpaired) electrons. The summed E-state index contributed by atoms with van der Waals surface area (Å²) in [4.78, 5) is 3.48. The number of para-hydroxylation sites is 2. The fourth-order valence-corrected chi connectivity index (χ4v) is 2.70. The van der Waals surface area contributed by atoms with Crippen LogP contribution >= 0.6 is 0 Å². The standard InChI is InChI=1S/C18H15NO/c1-12(16-10-13-6-2-4-8-15(13)19-16)18-11-14-7-3-5-9-17(14)20-18/h2-12,19H,1H3. The van der Waals surface area contributed by atoms with Gasteiger partial charge in [-0.15, -0.1) is 0 Å². The Labute approximate surface area is 117 Å². The minimum Gasteiger partial charge on any atom is -0.460 e. The molecule has 4 aromatic rings. The highest BCUT2D eigenvalue weighted by Gasteiger charge is 2.15. The molecule has 0 aliphatic rings. The van der Waals surface area contributed by atoms with Gasteiger partial charge >= 0.3 is 0 Å². The van der Waals surface area contributed by atoms with E-state index in [4.69, 9.17) is 4.42 Å². The minimum atomic E-state index is 0.217. The molecule has 0 aliphatic heterocycles. The molecule has 2 heterocycles. The zero-order valence-electron chi connectivity index (χ0n) is 11.3. The average Bonchev–Trinajstić information content (AvgIpc) is 3.10. The lowest BCUT2D eigenvalue weighted by Crippen LogP contribution is -1.93. The molecule has 0 saturated heterocycles. The van der Waals surface area contributed by atoms with E-state index >= 15 is 0 Å². The third kappa shape index (κ3) is 1.73. The largest absolute Gasteiger partial charge is 0.460 e. The smallest absolute Gasteiger partial charge is 0.134 e. The molecule has 2 heteroatoms. The van der Waals surface area contributed by atoms with Crippen molar-refractivity contribution in [2.24, 2.45) is 0 Å². The minimum absolute atomic E-state index is 0.217. The Bertz CT molecular complexity index is 744. The van der Waals surface area contributed by atoms with Gasteiger partial charge in [-0.3, -0.25) is 0 Å². The van der Waals surface area contributed by atoms with Crippen LogP contribution in [-0.2, 0) is 0 Å². The molecule has 1 atom stereocenters. The van der Waals surface area contributed by atoms with E-state index in [9.17, 15) is 0 Å². The lowest BCUT2D eigenvalue weighted by atomic mass is 10.0. The molecule has 0 spiro atoms. The molecule has 0 aliphatic carbocycles. The van der Waals surface area contributed by atoms with Gasteiger partial charge in [-0.25, -0.2) is 0 Å². The van der Waals surface area contributed by atoms with E-state index in [1.165, 1.54) is 16.6 Å². The van der Waals surface area contributed by atoms with E-state index in [0.717, 1.165) is 16.7 Å². The summed E-state index contributed by atoms with van der Waals surface area (Å²) in [5, 5.41) is 2.40. The van der Waals surface area contributed by atoms with Crippen molar-refractivity contribution in [2.75, 3.05) is 0 Å². The van der Waals surface area contributed by atoms with E-state index < -0.39 is 0 Å². The van der Waals surface area contributed by atoms with E-state index in [1.54, 1.807) is 0 Å². The van der Waals surface area contributed by atoms with Crippen LogP contribution < -0.4 is 0 Å². The second kappa shape index (κ2) is 4.27. The van der Waals surface area contributed by atoms with Crippen LogP contribution in [0.25, 0.3) is 21.9 Å².